The summed E-state index contributed by atoms with van der Waals surface area (Å²) in [7, 11) is 0. The first-order chi connectivity index (χ1) is 11.7. The molecule has 1 aromatic carbocycles. The van der Waals surface area contributed by atoms with Crippen LogP contribution in [0.5, 0.6) is 11.5 Å². The molecular formula is C18H22N2O3S. The molecule has 0 unspecified atom stereocenters. The van der Waals surface area contributed by atoms with Crippen molar-refractivity contribution in [2.24, 2.45) is 0 Å². The molecule has 1 aliphatic heterocycles. The van der Waals surface area contributed by atoms with Crippen LogP contribution in [-0.4, -0.2) is 41.6 Å². The van der Waals surface area contributed by atoms with Gasteiger partial charge in [0.05, 0.1) is 11.6 Å². The lowest BCUT2D eigenvalue weighted by Gasteiger charge is -2.32. The minimum Gasteiger partial charge on any atom is -0.490 e. The smallest absolute Gasteiger partial charge is 0.273 e. The summed E-state index contributed by atoms with van der Waals surface area (Å²) in [6.45, 7) is 5.87. The van der Waals surface area contributed by atoms with Crippen LogP contribution in [0.15, 0.2) is 29.6 Å². The molecule has 2 aromatic rings. The maximum absolute atomic E-state index is 12.4. The Morgan fingerprint density at radius 2 is 2.00 bits per heavy atom. The van der Waals surface area contributed by atoms with Gasteiger partial charge in [-0.3, -0.25) is 4.79 Å². The molecule has 0 aliphatic carbocycles. The predicted octanol–water partition coefficient (Wildman–Crippen LogP) is 3.53. The zero-order valence-corrected chi connectivity index (χ0v) is 14.8. The van der Waals surface area contributed by atoms with E-state index in [1.807, 2.05) is 48.4 Å². The van der Waals surface area contributed by atoms with Crippen LogP contribution in [0.25, 0.3) is 0 Å². The largest absolute Gasteiger partial charge is 0.490 e. The maximum Gasteiger partial charge on any atom is 0.273 e. The van der Waals surface area contributed by atoms with E-state index in [0.29, 0.717) is 25.4 Å². The second-order valence-electron chi connectivity index (χ2n) is 5.74. The zero-order valence-electron chi connectivity index (χ0n) is 14.0. The van der Waals surface area contributed by atoms with Crippen molar-refractivity contribution in [3.05, 3.63) is 40.3 Å². The number of para-hydroxylation sites is 2. The molecular weight excluding hydrogens is 324 g/mol. The number of thiazole rings is 1. The van der Waals surface area contributed by atoms with Crippen LogP contribution in [0.2, 0.25) is 0 Å². The first-order valence-corrected chi connectivity index (χ1v) is 9.15. The van der Waals surface area contributed by atoms with Crippen LogP contribution < -0.4 is 9.47 Å². The molecule has 2 heterocycles. The number of piperidine rings is 1. The number of likely N-dealkylation sites (tertiary alicyclic amines) is 1. The monoisotopic (exact) mass is 346 g/mol. The number of rotatable bonds is 5. The van der Waals surface area contributed by atoms with Crippen molar-refractivity contribution < 1.29 is 14.3 Å². The van der Waals surface area contributed by atoms with E-state index >= 15 is 0 Å². The summed E-state index contributed by atoms with van der Waals surface area (Å²) in [4.78, 5) is 18.6. The van der Waals surface area contributed by atoms with Crippen LogP contribution in [0, 0.1) is 6.92 Å². The van der Waals surface area contributed by atoms with E-state index in [4.69, 9.17) is 9.47 Å². The van der Waals surface area contributed by atoms with Gasteiger partial charge < -0.3 is 14.4 Å². The number of hydrogen-bond donors (Lipinski definition) is 0. The topological polar surface area (TPSA) is 51.7 Å². The molecule has 0 atom stereocenters. The fourth-order valence-electron chi connectivity index (χ4n) is 2.80. The van der Waals surface area contributed by atoms with Gasteiger partial charge in [0, 0.05) is 31.3 Å². The van der Waals surface area contributed by atoms with Crippen LogP contribution in [0.1, 0.15) is 35.3 Å². The molecule has 1 fully saturated rings. The van der Waals surface area contributed by atoms with Gasteiger partial charge in [0.1, 0.15) is 11.8 Å². The highest BCUT2D eigenvalue weighted by Gasteiger charge is 2.26. The average molecular weight is 346 g/mol. The van der Waals surface area contributed by atoms with Crippen LogP contribution in [0.4, 0.5) is 0 Å². The molecule has 1 aromatic heterocycles. The Morgan fingerprint density at radius 3 is 2.62 bits per heavy atom. The number of aryl methyl sites for hydroxylation is 1. The average Bonchev–Trinajstić information content (AvgIpc) is 3.03. The van der Waals surface area contributed by atoms with Crippen LogP contribution in [-0.2, 0) is 0 Å². The molecule has 1 aliphatic rings. The first kappa shape index (κ1) is 16.8. The lowest BCUT2D eigenvalue weighted by Crippen LogP contribution is -2.41. The Morgan fingerprint density at radius 1 is 1.29 bits per heavy atom. The Kier molecular flexibility index (Phi) is 5.35. The summed E-state index contributed by atoms with van der Waals surface area (Å²) in [5.74, 6) is 1.57. The SMILES string of the molecule is CCOc1ccccc1OC1CCN(C(=O)c2csc(C)n2)CC1. The number of carbonyl (C=O) groups excluding carboxylic acids is 1. The molecule has 1 amide bonds. The van der Waals surface area contributed by atoms with Crippen molar-refractivity contribution in [2.45, 2.75) is 32.8 Å². The minimum absolute atomic E-state index is 0.0208. The third kappa shape index (κ3) is 3.87. The molecule has 24 heavy (non-hydrogen) atoms. The normalized spacial score (nSPS) is 15.3. The van der Waals surface area contributed by atoms with E-state index in [9.17, 15) is 4.79 Å². The van der Waals surface area contributed by atoms with Crippen molar-refractivity contribution in [3.8, 4) is 11.5 Å². The highest BCUT2D eigenvalue weighted by molar-refractivity contribution is 7.09. The van der Waals surface area contributed by atoms with E-state index in [2.05, 4.69) is 4.98 Å². The fraction of sp³-hybridized carbons (Fsp3) is 0.444. The highest BCUT2D eigenvalue weighted by atomic mass is 32.1. The van der Waals surface area contributed by atoms with Gasteiger partial charge in [-0.05, 0) is 26.0 Å². The second kappa shape index (κ2) is 7.66. The number of aromatic nitrogens is 1. The minimum atomic E-state index is 0.0208. The van der Waals surface area contributed by atoms with E-state index in [1.165, 1.54) is 11.3 Å². The van der Waals surface area contributed by atoms with Gasteiger partial charge >= 0.3 is 0 Å². The number of carbonyl (C=O) groups is 1. The first-order valence-electron chi connectivity index (χ1n) is 8.27. The van der Waals surface area contributed by atoms with E-state index in [-0.39, 0.29) is 12.0 Å². The van der Waals surface area contributed by atoms with Gasteiger partial charge in [0.25, 0.3) is 5.91 Å². The molecule has 5 nitrogen and oxygen atoms in total. The van der Waals surface area contributed by atoms with E-state index < -0.39 is 0 Å². The fourth-order valence-corrected chi connectivity index (χ4v) is 3.39. The van der Waals surface area contributed by atoms with Crippen molar-refractivity contribution in [3.63, 3.8) is 0 Å². The lowest BCUT2D eigenvalue weighted by atomic mass is 10.1. The van der Waals surface area contributed by atoms with Crippen molar-refractivity contribution >= 4 is 17.2 Å². The molecule has 0 spiro atoms. The number of amides is 1. The van der Waals surface area contributed by atoms with Gasteiger partial charge in [-0.15, -0.1) is 11.3 Å². The summed E-state index contributed by atoms with van der Waals surface area (Å²) in [5, 5.41) is 2.75. The number of nitrogens with zero attached hydrogens (tertiary/aromatic N) is 2. The van der Waals surface area contributed by atoms with Crippen molar-refractivity contribution in [1.82, 2.24) is 9.88 Å². The van der Waals surface area contributed by atoms with Gasteiger partial charge in [-0.1, -0.05) is 12.1 Å². The highest BCUT2D eigenvalue weighted by Crippen LogP contribution is 2.29. The summed E-state index contributed by atoms with van der Waals surface area (Å²) >= 11 is 1.51. The molecule has 0 radical (unpaired) electrons. The predicted molar refractivity (Wildman–Crippen MR) is 94.0 cm³/mol. The second-order valence-corrected chi connectivity index (χ2v) is 6.80. The van der Waals surface area contributed by atoms with E-state index in [0.717, 1.165) is 29.3 Å². The van der Waals surface area contributed by atoms with Crippen molar-refractivity contribution in [1.29, 1.82) is 0 Å². The molecule has 0 saturated carbocycles. The Labute approximate surface area is 146 Å². The van der Waals surface area contributed by atoms with Crippen molar-refractivity contribution in [2.75, 3.05) is 19.7 Å². The third-order valence-corrected chi connectivity index (χ3v) is 4.78. The maximum atomic E-state index is 12.4. The quantitative estimate of drug-likeness (QED) is 0.831. The summed E-state index contributed by atoms with van der Waals surface area (Å²) < 4.78 is 11.7. The Balaban J connectivity index is 1.57. The molecule has 1 saturated heterocycles. The summed E-state index contributed by atoms with van der Waals surface area (Å²) in [5.41, 5.74) is 0.554. The van der Waals surface area contributed by atoms with Gasteiger partial charge in [0.15, 0.2) is 11.5 Å². The zero-order chi connectivity index (χ0) is 16.9. The Hall–Kier alpha value is -2.08. The van der Waals surface area contributed by atoms with Crippen LogP contribution >= 0.6 is 11.3 Å². The van der Waals surface area contributed by atoms with Gasteiger partial charge in [0.2, 0.25) is 0 Å². The summed E-state index contributed by atoms with van der Waals surface area (Å²) in [6.07, 6.45) is 1.73. The molecule has 0 bridgehead atoms. The molecule has 3 rings (SSSR count). The lowest BCUT2D eigenvalue weighted by molar-refractivity contribution is 0.0584. The van der Waals surface area contributed by atoms with Gasteiger partial charge in [-0.2, -0.15) is 0 Å². The van der Waals surface area contributed by atoms with Crippen LogP contribution in [0.3, 0.4) is 0 Å². The number of ether oxygens (including phenoxy) is 2. The Bertz CT molecular complexity index is 693. The molecule has 128 valence electrons. The summed E-state index contributed by atoms with van der Waals surface area (Å²) in [6, 6.07) is 7.73. The number of benzene rings is 1. The third-order valence-electron chi connectivity index (χ3n) is 4.01. The molecule has 6 heteroatoms. The van der Waals surface area contributed by atoms with Gasteiger partial charge in [-0.25, -0.2) is 4.98 Å². The standard InChI is InChI=1S/C18H22N2O3S/c1-3-22-16-6-4-5-7-17(16)23-14-8-10-20(11-9-14)18(21)15-12-24-13(2)19-15/h4-7,12,14H,3,8-11H2,1-2H3. The van der Waals surface area contributed by atoms with E-state index in [1.54, 1.807) is 0 Å². The molecule has 0 N–H and O–H groups in total. The number of hydrogen-bond acceptors (Lipinski definition) is 5.